The van der Waals surface area contributed by atoms with E-state index in [9.17, 15) is 4.79 Å². The highest BCUT2D eigenvalue weighted by molar-refractivity contribution is 5.66. The highest BCUT2D eigenvalue weighted by Crippen LogP contribution is 2.15. The number of hydrogen-bond acceptors (Lipinski definition) is 3. The van der Waals surface area contributed by atoms with Crippen LogP contribution in [0.15, 0.2) is 12.4 Å². The Balaban J connectivity index is 2.24. The Kier molecular flexibility index (Phi) is 5.52. The molecule has 5 heteroatoms. The predicted octanol–water partition coefficient (Wildman–Crippen LogP) is 2.11. The molecule has 1 atom stereocenters. The van der Waals surface area contributed by atoms with E-state index in [1.807, 2.05) is 17.8 Å². The van der Waals surface area contributed by atoms with Gasteiger partial charge in [0.05, 0.1) is 0 Å². The van der Waals surface area contributed by atoms with Crippen LogP contribution < -0.4 is 5.32 Å². The number of aromatic nitrogens is 2. The smallest absolute Gasteiger partial charge is 0.303 e. The Hall–Kier alpha value is -1.52. The van der Waals surface area contributed by atoms with Gasteiger partial charge in [-0.3, -0.25) is 4.79 Å². The Bertz CT molecular complexity index is 349. The average Bonchev–Trinajstić information content (AvgIpc) is 2.69. The first-order valence-electron chi connectivity index (χ1n) is 6.06. The van der Waals surface area contributed by atoms with Crippen LogP contribution in [0, 0.1) is 5.92 Å². The zero-order chi connectivity index (χ0) is 12.7. The summed E-state index contributed by atoms with van der Waals surface area (Å²) in [6.07, 6.45) is 6.68. The van der Waals surface area contributed by atoms with Crippen LogP contribution in [-0.2, 0) is 11.8 Å². The Morgan fingerprint density at radius 1 is 1.59 bits per heavy atom. The van der Waals surface area contributed by atoms with Crippen molar-refractivity contribution in [2.45, 2.75) is 32.6 Å². The monoisotopic (exact) mass is 239 g/mol. The van der Waals surface area contributed by atoms with Crippen LogP contribution in [0.1, 0.15) is 32.6 Å². The Labute approximate surface area is 102 Å². The molecule has 0 saturated carbocycles. The summed E-state index contributed by atoms with van der Waals surface area (Å²) in [7, 11) is 1.94. The van der Waals surface area contributed by atoms with Gasteiger partial charge >= 0.3 is 5.97 Å². The van der Waals surface area contributed by atoms with Crippen molar-refractivity contribution in [1.29, 1.82) is 0 Å². The third kappa shape index (κ3) is 4.89. The first kappa shape index (κ1) is 13.5. The molecule has 0 aliphatic rings. The number of nitrogens with one attached hydrogen (secondary N) is 1. The van der Waals surface area contributed by atoms with E-state index in [2.05, 4.69) is 17.2 Å². The molecule has 1 unspecified atom stereocenters. The number of imidazole rings is 1. The fourth-order valence-electron chi connectivity index (χ4n) is 1.80. The normalized spacial score (nSPS) is 12.4. The van der Waals surface area contributed by atoms with Gasteiger partial charge in [0.1, 0.15) is 0 Å². The molecule has 0 aliphatic heterocycles. The van der Waals surface area contributed by atoms with Crippen molar-refractivity contribution >= 4 is 11.9 Å². The van der Waals surface area contributed by atoms with Gasteiger partial charge in [0, 0.05) is 32.4 Å². The first-order chi connectivity index (χ1) is 8.13. The quantitative estimate of drug-likeness (QED) is 0.729. The molecule has 0 aromatic carbocycles. The molecular weight excluding hydrogens is 218 g/mol. The Morgan fingerprint density at radius 3 is 2.88 bits per heavy atom. The molecule has 5 nitrogen and oxygen atoms in total. The summed E-state index contributed by atoms with van der Waals surface area (Å²) >= 11 is 0. The van der Waals surface area contributed by atoms with Crippen LogP contribution in [0.4, 0.5) is 5.95 Å². The zero-order valence-corrected chi connectivity index (χ0v) is 10.5. The van der Waals surface area contributed by atoms with Gasteiger partial charge in [0.2, 0.25) is 5.95 Å². The summed E-state index contributed by atoms with van der Waals surface area (Å²) in [4.78, 5) is 14.7. The molecule has 0 spiro atoms. The van der Waals surface area contributed by atoms with Gasteiger partial charge in [-0.05, 0) is 18.8 Å². The van der Waals surface area contributed by atoms with Crippen molar-refractivity contribution in [3.8, 4) is 0 Å². The third-order valence-electron chi connectivity index (χ3n) is 3.00. The van der Waals surface area contributed by atoms with E-state index in [0.717, 1.165) is 31.8 Å². The second-order valence-electron chi connectivity index (χ2n) is 4.28. The molecule has 0 radical (unpaired) electrons. The third-order valence-corrected chi connectivity index (χ3v) is 3.00. The summed E-state index contributed by atoms with van der Waals surface area (Å²) in [6, 6.07) is 0. The van der Waals surface area contributed by atoms with Gasteiger partial charge in [-0.2, -0.15) is 0 Å². The molecule has 1 aromatic rings. The van der Waals surface area contributed by atoms with Gasteiger partial charge < -0.3 is 15.0 Å². The minimum atomic E-state index is -0.708. The van der Waals surface area contributed by atoms with Crippen molar-refractivity contribution in [2.24, 2.45) is 13.0 Å². The molecule has 0 saturated heterocycles. The van der Waals surface area contributed by atoms with E-state index in [0.29, 0.717) is 5.92 Å². The number of carboxylic acids is 1. The van der Waals surface area contributed by atoms with Crippen molar-refractivity contribution in [1.82, 2.24) is 9.55 Å². The van der Waals surface area contributed by atoms with Crippen molar-refractivity contribution in [3.05, 3.63) is 12.4 Å². The second kappa shape index (κ2) is 6.93. The summed E-state index contributed by atoms with van der Waals surface area (Å²) in [5, 5.41) is 11.9. The molecular formula is C12H21N3O2. The summed E-state index contributed by atoms with van der Waals surface area (Å²) in [5.41, 5.74) is 0. The van der Waals surface area contributed by atoms with Gasteiger partial charge in [0.15, 0.2) is 0 Å². The minimum Gasteiger partial charge on any atom is -0.481 e. The lowest BCUT2D eigenvalue weighted by Crippen LogP contribution is -2.12. The molecule has 1 rings (SSSR count). The molecule has 0 fully saturated rings. The maximum absolute atomic E-state index is 10.5. The number of anilines is 1. The Morgan fingerprint density at radius 2 is 2.35 bits per heavy atom. The highest BCUT2D eigenvalue weighted by Gasteiger charge is 2.09. The lowest BCUT2D eigenvalue weighted by Gasteiger charge is -2.14. The van der Waals surface area contributed by atoms with Gasteiger partial charge in [-0.1, -0.05) is 13.3 Å². The number of hydrogen-bond donors (Lipinski definition) is 2. The number of nitrogens with zero attached hydrogens (tertiary/aromatic N) is 2. The molecule has 2 N–H and O–H groups in total. The van der Waals surface area contributed by atoms with E-state index in [4.69, 9.17) is 5.11 Å². The van der Waals surface area contributed by atoms with Crippen LogP contribution in [0.25, 0.3) is 0 Å². The fourth-order valence-corrected chi connectivity index (χ4v) is 1.80. The number of aryl methyl sites for hydroxylation is 1. The molecule has 1 heterocycles. The SMILES string of the molecule is CCC(CCNc1nccn1C)CCC(=O)O. The molecule has 17 heavy (non-hydrogen) atoms. The van der Waals surface area contributed by atoms with Gasteiger partial charge in [0.25, 0.3) is 0 Å². The average molecular weight is 239 g/mol. The lowest BCUT2D eigenvalue weighted by molar-refractivity contribution is -0.137. The van der Waals surface area contributed by atoms with Gasteiger partial charge in [-0.15, -0.1) is 0 Å². The zero-order valence-electron chi connectivity index (χ0n) is 10.5. The molecule has 96 valence electrons. The summed E-state index contributed by atoms with van der Waals surface area (Å²) in [6.45, 7) is 2.94. The largest absolute Gasteiger partial charge is 0.481 e. The predicted molar refractivity (Wildman–Crippen MR) is 67.0 cm³/mol. The maximum atomic E-state index is 10.5. The van der Waals surface area contributed by atoms with E-state index >= 15 is 0 Å². The van der Waals surface area contributed by atoms with Gasteiger partial charge in [-0.25, -0.2) is 4.98 Å². The van der Waals surface area contributed by atoms with Crippen molar-refractivity contribution in [3.63, 3.8) is 0 Å². The van der Waals surface area contributed by atoms with Crippen LogP contribution in [-0.4, -0.2) is 27.2 Å². The summed E-state index contributed by atoms with van der Waals surface area (Å²) in [5.74, 6) is 0.623. The van der Waals surface area contributed by atoms with E-state index in [-0.39, 0.29) is 6.42 Å². The highest BCUT2D eigenvalue weighted by atomic mass is 16.4. The van der Waals surface area contributed by atoms with Crippen LogP contribution >= 0.6 is 0 Å². The van der Waals surface area contributed by atoms with Crippen LogP contribution in [0.5, 0.6) is 0 Å². The molecule has 1 aromatic heterocycles. The van der Waals surface area contributed by atoms with Crippen molar-refractivity contribution in [2.75, 3.05) is 11.9 Å². The topological polar surface area (TPSA) is 67.2 Å². The number of rotatable bonds is 8. The van der Waals surface area contributed by atoms with Crippen molar-refractivity contribution < 1.29 is 9.90 Å². The maximum Gasteiger partial charge on any atom is 0.303 e. The lowest BCUT2D eigenvalue weighted by atomic mass is 9.97. The van der Waals surface area contributed by atoms with E-state index < -0.39 is 5.97 Å². The van der Waals surface area contributed by atoms with E-state index in [1.165, 1.54) is 0 Å². The van der Waals surface area contributed by atoms with Crippen LogP contribution in [0.2, 0.25) is 0 Å². The second-order valence-corrected chi connectivity index (χ2v) is 4.28. The molecule has 0 bridgehead atoms. The number of carboxylic acid groups (broad SMARTS) is 1. The first-order valence-corrected chi connectivity index (χ1v) is 6.06. The number of carbonyl (C=O) groups is 1. The molecule has 0 amide bonds. The minimum absolute atomic E-state index is 0.265. The van der Waals surface area contributed by atoms with E-state index in [1.54, 1.807) is 6.20 Å². The van der Waals surface area contributed by atoms with Crippen LogP contribution in [0.3, 0.4) is 0 Å². The molecule has 0 aliphatic carbocycles. The fraction of sp³-hybridized carbons (Fsp3) is 0.667. The standard InChI is InChI=1S/C12H21N3O2/c1-3-10(4-5-11(16)17)6-7-13-12-14-8-9-15(12)2/h8-10H,3-7H2,1-2H3,(H,13,14)(H,16,17). The summed E-state index contributed by atoms with van der Waals surface area (Å²) < 4.78 is 1.93. The number of aliphatic carboxylic acids is 1.